The summed E-state index contributed by atoms with van der Waals surface area (Å²) in [5, 5.41) is 3.31. The van der Waals surface area contributed by atoms with Crippen LogP contribution in [-0.4, -0.2) is 12.6 Å². The van der Waals surface area contributed by atoms with E-state index in [1.807, 2.05) is 6.20 Å². The van der Waals surface area contributed by atoms with E-state index in [4.69, 9.17) is 5.73 Å². The highest BCUT2D eigenvalue weighted by molar-refractivity contribution is 5.06. The van der Waals surface area contributed by atoms with Crippen molar-refractivity contribution in [2.45, 2.75) is 18.9 Å². The maximum absolute atomic E-state index is 5.66. The number of rotatable bonds is 3. The van der Waals surface area contributed by atoms with Crippen LogP contribution in [0.2, 0.25) is 0 Å². The molecule has 2 rings (SSSR count). The molecule has 4 atom stereocenters. The number of hydrogen-bond acceptors (Lipinski definition) is 2. The van der Waals surface area contributed by atoms with Crippen molar-refractivity contribution in [2.75, 3.05) is 6.54 Å². The fourth-order valence-corrected chi connectivity index (χ4v) is 2.53. The lowest BCUT2D eigenvalue weighted by molar-refractivity contribution is 0.451. The third-order valence-electron chi connectivity index (χ3n) is 3.20. The molecule has 0 spiro atoms. The first-order valence-electron chi connectivity index (χ1n) is 4.44. The molecule has 0 bridgehead atoms. The van der Waals surface area contributed by atoms with Crippen molar-refractivity contribution in [1.82, 2.24) is 5.32 Å². The average molecular weight is 152 g/mol. The Kier molecular flexibility index (Phi) is 1.64. The molecule has 4 unspecified atom stereocenters. The van der Waals surface area contributed by atoms with Gasteiger partial charge in [-0.3, -0.25) is 0 Å². The number of fused-ring (bicyclic) bond motifs is 1. The maximum atomic E-state index is 5.66. The van der Waals surface area contributed by atoms with E-state index >= 15 is 0 Å². The normalized spacial score (nSPS) is 46.6. The van der Waals surface area contributed by atoms with E-state index in [0.717, 1.165) is 24.3 Å². The number of nitrogens with two attached hydrogens (primary N) is 1. The highest BCUT2D eigenvalue weighted by atomic mass is 14.9. The van der Waals surface area contributed by atoms with E-state index in [1.165, 1.54) is 12.8 Å². The predicted molar refractivity (Wildman–Crippen MR) is 45.9 cm³/mol. The SMILES string of the molecule is C=CNC1CC(CN)C2CC12. The lowest BCUT2D eigenvalue weighted by atomic mass is 10.0. The molecule has 0 radical (unpaired) electrons. The van der Waals surface area contributed by atoms with Crippen molar-refractivity contribution in [3.8, 4) is 0 Å². The molecule has 2 aliphatic carbocycles. The molecule has 2 heteroatoms. The monoisotopic (exact) mass is 152 g/mol. The summed E-state index contributed by atoms with van der Waals surface area (Å²) in [5.41, 5.74) is 5.66. The van der Waals surface area contributed by atoms with Crippen LogP contribution < -0.4 is 11.1 Å². The Morgan fingerprint density at radius 2 is 2.27 bits per heavy atom. The third kappa shape index (κ3) is 1.06. The minimum Gasteiger partial charge on any atom is -0.388 e. The van der Waals surface area contributed by atoms with Gasteiger partial charge in [0.25, 0.3) is 0 Å². The summed E-state index contributed by atoms with van der Waals surface area (Å²) in [4.78, 5) is 0. The Bertz CT molecular complexity index is 167. The van der Waals surface area contributed by atoms with Crippen LogP contribution in [0.25, 0.3) is 0 Å². The molecule has 0 saturated heterocycles. The number of nitrogens with one attached hydrogen (secondary N) is 1. The zero-order valence-electron chi connectivity index (χ0n) is 6.79. The van der Waals surface area contributed by atoms with E-state index in [-0.39, 0.29) is 0 Å². The van der Waals surface area contributed by atoms with Gasteiger partial charge in [-0.15, -0.1) is 0 Å². The second-order valence-corrected chi connectivity index (χ2v) is 3.77. The minimum absolute atomic E-state index is 0.686. The van der Waals surface area contributed by atoms with Crippen molar-refractivity contribution in [3.63, 3.8) is 0 Å². The summed E-state index contributed by atoms with van der Waals surface area (Å²) < 4.78 is 0. The lowest BCUT2D eigenvalue weighted by Gasteiger charge is -2.14. The minimum atomic E-state index is 0.686. The summed E-state index contributed by atoms with van der Waals surface area (Å²) in [6, 6.07) is 0.686. The molecular weight excluding hydrogens is 136 g/mol. The molecule has 0 aromatic rings. The molecule has 62 valence electrons. The van der Waals surface area contributed by atoms with Crippen LogP contribution in [0.4, 0.5) is 0 Å². The number of hydrogen-bond donors (Lipinski definition) is 2. The zero-order valence-corrected chi connectivity index (χ0v) is 6.79. The molecule has 2 saturated carbocycles. The third-order valence-corrected chi connectivity index (χ3v) is 3.20. The van der Waals surface area contributed by atoms with Gasteiger partial charge in [-0.1, -0.05) is 6.58 Å². The van der Waals surface area contributed by atoms with E-state index in [2.05, 4.69) is 11.9 Å². The fourth-order valence-electron chi connectivity index (χ4n) is 2.53. The van der Waals surface area contributed by atoms with Gasteiger partial charge < -0.3 is 11.1 Å². The van der Waals surface area contributed by atoms with E-state index in [0.29, 0.717) is 6.04 Å². The van der Waals surface area contributed by atoms with Crippen molar-refractivity contribution in [2.24, 2.45) is 23.5 Å². The van der Waals surface area contributed by atoms with Gasteiger partial charge in [0.05, 0.1) is 0 Å². The van der Waals surface area contributed by atoms with Gasteiger partial charge in [0.15, 0.2) is 0 Å². The fraction of sp³-hybridized carbons (Fsp3) is 0.778. The summed E-state index contributed by atoms with van der Waals surface area (Å²) in [7, 11) is 0. The Morgan fingerprint density at radius 1 is 1.45 bits per heavy atom. The van der Waals surface area contributed by atoms with Gasteiger partial charge in [-0.05, 0) is 43.3 Å². The van der Waals surface area contributed by atoms with Gasteiger partial charge >= 0.3 is 0 Å². The van der Waals surface area contributed by atoms with Gasteiger partial charge in [0.2, 0.25) is 0 Å². The molecule has 0 heterocycles. The molecule has 2 aliphatic rings. The molecule has 0 amide bonds. The molecular formula is C9H16N2. The zero-order chi connectivity index (χ0) is 7.84. The van der Waals surface area contributed by atoms with Crippen molar-refractivity contribution >= 4 is 0 Å². The van der Waals surface area contributed by atoms with Crippen LogP contribution in [0.15, 0.2) is 12.8 Å². The maximum Gasteiger partial charge on any atom is 0.0289 e. The van der Waals surface area contributed by atoms with Gasteiger partial charge in [0.1, 0.15) is 0 Å². The Labute approximate surface area is 67.8 Å². The topological polar surface area (TPSA) is 38.0 Å². The van der Waals surface area contributed by atoms with Crippen LogP contribution in [-0.2, 0) is 0 Å². The van der Waals surface area contributed by atoms with Crippen LogP contribution in [0.1, 0.15) is 12.8 Å². The van der Waals surface area contributed by atoms with E-state index in [1.54, 1.807) is 0 Å². The summed E-state index contributed by atoms with van der Waals surface area (Å²) in [5.74, 6) is 2.65. The Hall–Kier alpha value is -0.500. The molecule has 0 aromatic heterocycles. The second kappa shape index (κ2) is 2.52. The highest BCUT2D eigenvalue weighted by Gasteiger charge is 2.53. The van der Waals surface area contributed by atoms with Crippen LogP contribution in [0.5, 0.6) is 0 Å². The van der Waals surface area contributed by atoms with Crippen molar-refractivity contribution in [1.29, 1.82) is 0 Å². The largest absolute Gasteiger partial charge is 0.388 e. The van der Waals surface area contributed by atoms with E-state index < -0.39 is 0 Å². The van der Waals surface area contributed by atoms with E-state index in [9.17, 15) is 0 Å². The Balaban J connectivity index is 1.92. The first-order chi connectivity index (χ1) is 5.36. The Morgan fingerprint density at radius 3 is 2.82 bits per heavy atom. The summed E-state index contributed by atoms with van der Waals surface area (Å²) >= 11 is 0. The first kappa shape index (κ1) is 7.17. The molecule has 3 N–H and O–H groups in total. The standard InChI is InChI=1S/C9H16N2/c1-2-11-9-3-6(5-10)7-4-8(7)9/h2,6-9,11H,1,3-5,10H2. The van der Waals surface area contributed by atoms with Gasteiger partial charge in [-0.25, -0.2) is 0 Å². The smallest absolute Gasteiger partial charge is 0.0289 e. The first-order valence-corrected chi connectivity index (χ1v) is 4.44. The second-order valence-electron chi connectivity index (χ2n) is 3.77. The van der Waals surface area contributed by atoms with Crippen molar-refractivity contribution in [3.05, 3.63) is 12.8 Å². The highest BCUT2D eigenvalue weighted by Crippen LogP contribution is 2.54. The van der Waals surface area contributed by atoms with Crippen LogP contribution in [0.3, 0.4) is 0 Å². The van der Waals surface area contributed by atoms with Crippen LogP contribution >= 0.6 is 0 Å². The quantitative estimate of drug-likeness (QED) is 0.625. The van der Waals surface area contributed by atoms with Crippen molar-refractivity contribution < 1.29 is 0 Å². The van der Waals surface area contributed by atoms with Gasteiger partial charge in [-0.2, -0.15) is 0 Å². The molecule has 11 heavy (non-hydrogen) atoms. The lowest BCUT2D eigenvalue weighted by Crippen LogP contribution is -2.26. The van der Waals surface area contributed by atoms with Crippen LogP contribution in [0, 0.1) is 17.8 Å². The predicted octanol–water partition coefficient (Wildman–Crippen LogP) is 0.703. The molecule has 2 nitrogen and oxygen atoms in total. The van der Waals surface area contributed by atoms with Gasteiger partial charge in [0, 0.05) is 6.04 Å². The molecule has 0 aliphatic heterocycles. The summed E-state index contributed by atoms with van der Waals surface area (Å²) in [6.45, 7) is 4.56. The molecule has 0 aromatic carbocycles. The average Bonchev–Trinajstić information content (AvgIpc) is 2.72. The molecule has 2 fully saturated rings. The summed E-state index contributed by atoms with van der Waals surface area (Å²) in [6.07, 6.45) is 4.48.